The first-order chi connectivity index (χ1) is 4.20. The number of aliphatic hydroxyl groups excluding tert-OH is 1. The Bertz CT molecular complexity index is 131. The van der Waals surface area contributed by atoms with Gasteiger partial charge in [0.1, 0.15) is 0 Å². The molecule has 0 unspecified atom stereocenters. The van der Waals surface area contributed by atoms with E-state index < -0.39 is 0 Å². The largest absolute Gasteiger partial charge is 0.388 e. The maximum absolute atomic E-state index is 9.23. The highest BCUT2D eigenvalue weighted by molar-refractivity contribution is 9.11. The van der Waals surface area contributed by atoms with Crippen LogP contribution in [0.4, 0.5) is 0 Å². The molecule has 0 bridgehead atoms. The number of aliphatic hydroxyl groups is 1. The molecular formula is C7H11BrO. The topological polar surface area (TPSA) is 20.2 Å². The Morgan fingerprint density at radius 2 is 2.44 bits per heavy atom. The number of hydrogen-bond acceptors (Lipinski definition) is 1. The van der Waals surface area contributed by atoms with Crippen molar-refractivity contribution >= 4 is 15.9 Å². The van der Waals surface area contributed by atoms with Crippen LogP contribution in [-0.2, 0) is 0 Å². The van der Waals surface area contributed by atoms with Gasteiger partial charge in [-0.05, 0) is 18.8 Å². The van der Waals surface area contributed by atoms with E-state index >= 15 is 0 Å². The minimum atomic E-state index is -0.242. The van der Waals surface area contributed by atoms with E-state index in [2.05, 4.69) is 28.9 Å². The van der Waals surface area contributed by atoms with Gasteiger partial charge in [-0.15, -0.1) is 0 Å². The van der Waals surface area contributed by atoms with Crippen LogP contribution in [0.15, 0.2) is 10.6 Å². The zero-order valence-corrected chi connectivity index (χ0v) is 7.06. The Morgan fingerprint density at radius 1 is 1.78 bits per heavy atom. The molecule has 0 fully saturated rings. The van der Waals surface area contributed by atoms with Crippen molar-refractivity contribution in [3.8, 4) is 0 Å². The molecule has 9 heavy (non-hydrogen) atoms. The fourth-order valence-electron chi connectivity index (χ4n) is 1.04. The minimum absolute atomic E-state index is 0.242. The maximum atomic E-state index is 9.23. The first-order valence-corrected chi connectivity index (χ1v) is 4.03. The molecule has 0 aliphatic heterocycles. The third-order valence-corrected chi connectivity index (χ3v) is 2.51. The minimum Gasteiger partial charge on any atom is -0.388 e. The van der Waals surface area contributed by atoms with Gasteiger partial charge in [0.2, 0.25) is 0 Å². The molecule has 0 aromatic carbocycles. The Kier molecular flexibility index (Phi) is 2.30. The van der Waals surface area contributed by atoms with Gasteiger partial charge in [0.25, 0.3) is 0 Å². The average molecular weight is 191 g/mol. The molecule has 2 atom stereocenters. The highest BCUT2D eigenvalue weighted by Gasteiger charge is 2.16. The fourth-order valence-corrected chi connectivity index (χ4v) is 1.41. The van der Waals surface area contributed by atoms with E-state index in [9.17, 15) is 5.11 Å². The van der Waals surface area contributed by atoms with Gasteiger partial charge in [0.05, 0.1) is 6.10 Å². The summed E-state index contributed by atoms with van der Waals surface area (Å²) in [6.07, 6.45) is 3.81. The summed E-state index contributed by atoms with van der Waals surface area (Å²) in [6.45, 7) is 2.15. The number of allylic oxidation sites excluding steroid dienone is 1. The second-order valence-electron chi connectivity index (χ2n) is 2.68. The summed E-state index contributed by atoms with van der Waals surface area (Å²) in [5.41, 5.74) is 0. The van der Waals surface area contributed by atoms with Gasteiger partial charge >= 0.3 is 0 Å². The molecule has 1 N–H and O–H groups in total. The molecule has 1 aliphatic carbocycles. The van der Waals surface area contributed by atoms with Crippen LogP contribution in [0.25, 0.3) is 0 Å². The molecule has 0 heterocycles. The molecule has 0 aromatic rings. The van der Waals surface area contributed by atoms with Crippen LogP contribution in [0.5, 0.6) is 0 Å². The van der Waals surface area contributed by atoms with Crippen molar-refractivity contribution in [2.24, 2.45) is 5.92 Å². The molecule has 2 heteroatoms. The first kappa shape index (κ1) is 7.29. The van der Waals surface area contributed by atoms with Crippen LogP contribution < -0.4 is 0 Å². The van der Waals surface area contributed by atoms with Crippen molar-refractivity contribution in [3.63, 3.8) is 0 Å². The van der Waals surface area contributed by atoms with Crippen LogP contribution in [0.2, 0.25) is 0 Å². The third kappa shape index (κ3) is 1.80. The van der Waals surface area contributed by atoms with E-state index in [1.54, 1.807) is 0 Å². The van der Waals surface area contributed by atoms with Crippen LogP contribution >= 0.6 is 15.9 Å². The van der Waals surface area contributed by atoms with Gasteiger partial charge in [-0.1, -0.05) is 28.9 Å². The lowest BCUT2D eigenvalue weighted by Gasteiger charge is -2.19. The first-order valence-electron chi connectivity index (χ1n) is 3.23. The lowest BCUT2D eigenvalue weighted by Crippen LogP contribution is -2.15. The van der Waals surface area contributed by atoms with Crippen LogP contribution in [0.1, 0.15) is 19.8 Å². The standard InChI is InChI=1S/C7H11BrO/c1-5-2-3-6(8)7(9)4-5/h3,5,7,9H,2,4H2,1H3/t5-,7+/m1/s1. The van der Waals surface area contributed by atoms with Crippen LogP contribution in [0, 0.1) is 5.92 Å². The summed E-state index contributed by atoms with van der Waals surface area (Å²) in [7, 11) is 0. The van der Waals surface area contributed by atoms with Crippen molar-refractivity contribution in [1.29, 1.82) is 0 Å². The SMILES string of the molecule is C[C@@H]1CC=C(Br)[C@@H](O)C1. The lowest BCUT2D eigenvalue weighted by atomic mass is 9.95. The second kappa shape index (κ2) is 2.84. The summed E-state index contributed by atoms with van der Waals surface area (Å²) in [6, 6.07) is 0. The van der Waals surface area contributed by atoms with Gasteiger partial charge in [0, 0.05) is 4.48 Å². The van der Waals surface area contributed by atoms with E-state index in [-0.39, 0.29) is 6.10 Å². The summed E-state index contributed by atoms with van der Waals surface area (Å²) in [5.74, 6) is 0.640. The van der Waals surface area contributed by atoms with Crippen LogP contribution in [0.3, 0.4) is 0 Å². The van der Waals surface area contributed by atoms with E-state index in [1.165, 1.54) is 0 Å². The summed E-state index contributed by atoms with van der Waals surface area (Å²) in [4.78, 5) is 0. The average Bonchev–Trinajstić information content (AvgIpc) is 1.80. The predicted molar refractivity (Wildman–Crippen MR) is 41.4 cm³/mol. The smallest absolute Gasteiger partial charge is 0.0854 e. The predicted octanol–water partition coefficient (Wildman–Crippen LogP) is 2.06. The van der Waals surface area contributed by atoms with E-state index in [0.29, 0.717) is 5.92 Å². The van der Waals surface area contributed by atoms with Crippen molar-refractivity contribution in [2.45, 2.75) is 25.9 Å². The van der Waals surface area contributed by atoms with E-state index in [0.717, 1.165) is 17.3 Å². The van der Waals surface area contributed by atoms with Gasteiger partial charge < -0.3 is 5.11 Å². The normalized spacial score (nSPS) is 36.1. The Labute approximate surface area is 63.9 Å². The molecule has 1 nitrogen and oxygen atoms in total. The fraction of sp³-hybridized carbons (Fsp3) is 0.714. The molecule has 0 aromatic heterocycles. The van der Waals surface area contributed by atoms with Crippen LogP contribution in [-0.4, -0.2) is 11.2 Å². The molecule has 52 valence electrons. The van der Waals surface area contributed by atoms with Gasteiger partial charge in [-0.3, -0.25) is 0 Å². The highest BCUT2D eigenvalue weighted by Crippen LogP contribution is 2.26. The monoisotopic (exact) mass is 190 g/mol. The molecule has 0 radical (unpaired) electrons. The zero-order chi connectivity index (χ0) is 6.85. The molecular weight excluding hydrogens is 180 g/mol. The van der Waals surface area contributed by atoms with Crippen molar-refractivity contribution in [3.05, 3.63) is 10.6 Å². The van der Waals surface area contributed by atoms with Gasteiger partial charge in [0.15, 0.2) is 0 Å². The third-order valence-electron chi connectivity index (χ3n) is 1.66. The van der Waals surface area contributed by atoms with Crippen molar-refractivity contribution in [1.82, 2.24) is 0 Å². The Hall–Kier alpha value is 0.180. The molecule has 0 saturated heterocycles. The summed E-state index contributed by atoms with van der Waals surface area (Å²) in [5, 5.41) is 9.23. The van der Waals surface area contributed by atoms with Gasteiger partial charge in [-0.2, -0.15) is 0 Å². The van der Waals surface area contributed by atoms with Crippen molar-refractivity contribution in [2.75, 3.05) is 0 Å². The Morgan fingerprint density at radius 3 is 2.89 bits per heavy atom. The second-order valence-corrected chi connectivity index (χ2v) is 3.60. The zero-order valence-electron chi connectivity index (χ0n) is 5.47. The molecule has 1 rings (SSSR count). The molecule has 0 spiro atoms. The number of hydrogen-bond donors (Lipinski definition) is 1. The highest BCUT2D eigenvalue weighted by atomic mass is 79.9. The summed E-state index contributed by atoms with van der Waals surface area (Å²) >= 11 is 3.29. The number of halogens is 1. The number of rotatable bonds is 0. The molecule has 1 aliphatic rings. The maximum Gasteiger partial charge on any atom is 0.0854 e. The van der Waals surface area contributed by atoms with E-state index in [1.807, 2.05) is 0 Å². The summed E-state index contributed by atoms with van der Waals surface area (Å²) < 4.78 is 0.959. The molecule has 0 amide bonds. The van der Waals surface area contributed by atoms with Crippen molar-refractivity contribution < 1.29 is 5.11 Å². The quantitative estimate of drug-likeness (QED) is 0.621. The lowest BCUT2D eigenvalue weighted by molar-refractivity contribution is 0.180. The van der Waals surface area contributed by atoms with E-state index in [4.69, 9.17) is 0 Å². The Balaban J connectivity index is 2.56. The molecule has 0 saturated carbocycles. The van der Waals surface area contributed by atoms with Gasteiger partial charge in [-0.25, -0.2) is 0 Å².